The van der Waals surface area contributed by atoms with E-state index >= 15 is 0 Å². The fourth-order valence-corrected chi connectivity index (χ4v) is 3.08. The predicted molar refractivity (Wildman–Crippen MR) is 93.5 cm³/mol. The van der Waals surface area contributed by atoms with Crippen molar-refractivity contribution in [1.82, 2.24) is 25.4 Å². The van der Waals surface area contributed by atoms with Gasteiger partial charge in [0, 0.05) is 25.0 Å². The molecule has 0 atom stereocenters. The van der Waals surface area contributed by atoms with Crippen LogP contribution in [-0.4, -0.2) is 33.4 Å². The third-order valence-corrected chi connectivity index (χ3v) is 4.38. The number of nitrogens with zero attached hydrogens (tertiary/aromatic N) is 3. The number of carbonyl (C=O) groups excluding carboxylic acids is 1. The Bertz CT molecular complexity index is 632. The highest BCUT2D eigenvalue weighted by atomic mass is 16.2. The molecule has 0 spiro atoms. The van der Waals surface area contributed by atoms with E-state index in [0.717, 1.165) is 24.2 Å². The van der Waals surface area contributed by atoms with Crippen molar-refractivity contribution in [2.75, 3.05) is 6.54 Å². The van der Waals surface area contributed by atoms with Gasteiger partial charge in [-0.25, -0.2) is 4.79 Å². The lowest BCUT2D eigenvalue weighted by atomic mass is 10.1. The summed E-state index contributed by atoms with van der Waals surface area (Å²) < 4.78 is 1.83. The maximum atomic E-state index is 12.0. The van der Waals surface area contributed by atoms with E-state index < -0.39 is 0 Å². The molecule has 1 fully saturated rings. The first-order valence-corrected chi connectivity index (χ1v) is 8.80. The number of urea groups is 1. The van der Waals surface area contributed by atoms with Gasteiger partial charge in [0.1, 0.15) is 5.69 Å². The summed E-state index contributed by atoms with van der Waals surface area (Å²) in [6.45, 7) is 1.20. The minimum atomic E-state index is -0.0704. The molecule has 24 heavy (non-hydrogen) atoms. The van der Waals surface area contributed by atoms with Crippen molar-refractivity contribution in [2.45, 2.75) is 51.1 Å². The van der Waals surface area contributed by atoms with Crippen LogP contribution in [0.5, 0.6) is 0 Å². The molecule has 3 rings (SSSR count). The van der Waals surface area contributed by atoms with Crippen LogP contribution in [0.4, 0.5) is 4.79 Å². The molecule has 6 heteroatoms. The maximum absolute atomic E-state index is 12.0. The minimum Gasteiger partial charge on any atom is -0.336 e. The third-order valence-electron chi connectivity index (χ3n) is 4.38. The van der Waals surface area contributed by atoms with Crippen molar-refractivity contribution in [3.05, 3.63) is 36.7 Å². The molecule has 2 aromatic heterocycles. The fourth-order valence-electron chi connectivity index (χ4n) is 3.08. The van der Waals surface area contributed by atoms with E-state index in [1.807, 2.05) is 35.1 Å². The summed E-state index contributed by atoms with van der Waals surface area (Å²) in [4.78, 5) is 16.3. The molecular formula is C18H25N5O. The van der Waals surface area contributed by atoms with Crippen molar-refractivity contribution in [2.24, 2.45) is 0 Å². The lowest BCUT2D eigenvalue weighted by Gasteiger charge is -2.16. The number of rotatable bonds is 5. The van der Waals surface area contributed by atoms with E-state index in [0.29, 0.717) is 19.1 Å². The van der Waals surface area contributed by atoms with Crippen LogP contribution < -0.4 is 10.6 Å². The van der Waals surface area contributed by atoms with Crippen molar-refractivity contribution in [3.63, 3.8) is 0 Å². The van der Waals surface area contributed by atoms with Gasteiger partial charge in [0.15, 0.2) is 0 Å². The lowest BCUT2D eigenvalue weighted by Crippen LogP contribution is -2.42. The number of aromatic nitrogens is 3. The lowest BCUT2D eigenvalue weighted by molar-refractivity contribution is 0.235. The van der Waals surface area contributed by atoms with Crippen molar-refractivity contribution < 1.29 is 4.79 Å². The zero-order valence-electron chi connectivity index (χ0n) is 13.9. The Labute approximate surface area is 142 Å². The molecule has 2 N–H and O–H groups in total. The summed E-state index contributed by atoms with van der Waals surface area (Å²) in [6, 6.07) is 7.96. The average Bonchev–Trinajstić information content (AvgIpc) is 2.93. The molecule has 2 aromatic rings. The van der Waals surface area contributed by atoms with Gasteiger partial charge in [-0.15, -0.1) is 0 Å². The first-order chi connectivity index (χ1) is 11.8. The molecule has 1 aliphatic carbocycles. The molecule has 0 radical (unpaired) electrons. The highest BCUT2D eigenvalue weighted by Crippen LogP contribution is 2.17. The summed E-state index contributed by atoms with van der Waals surface area (Å²) in [6.07, 6.45) is 10.9. The Morgan fingerprint density at radius 2 is 1.96 bits per heavy atom. The Balaban J connectivity index is 1.41. The molecule has 6 nitrogen and oxygen atoms in total. The van der Waals surface area contributed by atoms with Crippen LogP contribution in [-0.2, 0) is 6.54 Å². The van der Waals surface area contributed by atoms with E-state index in [1.165, 1.54) is 25.7 Å². The van der Waals surface area contributed by atoms with Crippen LogP contribution in [0.1, 0.15) is 38.5 Å². The standard InChI is InChI=1S/C18H25N5O/c24-18(21-15-7-3-1-2-4-8-15)20-12-14-23-13-10-17(22-23)16-9-5-6-11-19-16/h5-6,9-11,13,15H,1-4,7-8,12,14H2,(H2,20,21,24). The number of amides is 2. The van der Waals surface area contributed by atoms with Crippen LogP contribution in [0, 0.1) is 0 Å². The van der Waals surface area contributed by atoms with E-state index in [4.69, 9.17) is 0 Å². The Hall–Kier alpha value is -2.37. The summed E-state index contributed by atoms with van der Waals surface area (Å²) in [5, 5.41) is 10.5. The zero-order valence-corrected chi connectivity index (χ0v) is 13.9. The molecule has 1 aliphatic rings. The number of hydrogen-bond donors (Lipinski definition) is 2. The SMILES string of the molecule is O=C(NCCn1ccc(-c2ccccn2)n1)NC1CCCCCC1. The second-order valence-corrected chi connectivity index (χ2v) is 6.27. The predicted octanol–water partition coefficient (Wildman–Crippen LogP) is 2.97. The first kappa shape index (κ1) is 16.5. The molecule has 2 amide bonds. The number of pyridine rings is 1. The Morgan fingerprint density at radius 1 is 1.12 bits per heavy atom. The number of carbonyl (C=O) groups is 1. The van der Waals surface area contributed by atoms with Crippen molar-refractivity contribution in [1.29, 1.82) is 0 Å². The monoisotopic (exact) mass is 327 g/mol. The topological polar surface area (TPSA) is 71.8 Å². The van der Waals surface area contributed by atoms with Gasteiger partial charge in [0.2, 0.25) is 0 Å². The number of hydrogen-bond acceptors (Lipinski definition) is 3. The number of nitrogens with one attached hydrogen (secondary N) is 2. The molecule has 0 aliphatic heterocycles. The van der Waals surface area contributed by atoms with Gasteiger partial charge in [0.05, 0.1) is 12.2 Å². The van der Waals surface area contributed by atoms with Gasteiger partial charge < -0.3 is 10.6 Å². The van der Waals surface area contributed by atoms with Crippen LogP contribution in [0.25, 0.3) is 11.4 Å². The second-order valence-electron chi connectivity index (χ2n) is 6.27. The van der Waals surface area contributed by atoms with E-state index in [-0.39, 0.29) is 6.03 Å². The van der Waals surface area contributed by atoms with Gasteiger partial charge in [-0.05, 0) is 31.0 Å². The summed E-state index contributed by atoms with van der Waals surface area (Å²) in [7, 11) is 0. The van der Waals surface area contributed by atoms with Gasteiger partial charge >= 0.3 is 6.03 Å². The smallest absolute Gasteiger partial charge is 0.315 e. The van der Waals surface area contributed by atoms with Crippen molar-refractivity contribution >= 4 is 6.03 Å². The van der Waals surface area contributed by atoms with Gasteiger partial charge in [0.25, 0.3) is 0 Å². The minimum absolute atomic E-state index is 0.0704. The van der Waals surface area contributed by atoms with Crippen LogP contribution in [0.3, 0.4) is 0 Å². The molecule has 0 saturated heterocycles. The van der Waals surface area contributed by atoms with E-state index in [1.54, 1.807) is 6.20 Å². The Morgan fingerprint density at radius 3 is 2.71 bits per heavy atom. The maximum Gasteiger partial charge on any atom is 0.315 e. The summed E-state index contributed by atoms with van der Waals surface area (Å²) >= 11 is 0. The molecular weight excluding hydrogens is 302 g/mol. The normalized spacial score (nSPS) is 15.7. The van der Waals surface area contributed by atoms with Gasteiger partial charge in [-0.3, -0.25) is 9.67 Å². The second kappa shape index (κ2) is 8.47. The highest BCUT2D eigenvalue weighted by Gasteiger charge is 2.14. The van der Waals surface area contributed by atoms with Crippen LogP contribution >= 0.6 is 0 Å². The summed E-state index contributed by atoms with van der Waals surface area (Å²) in [5.41, 5.74) is 1.70. The molecule has 1 saturated carbocycles. The average molecular weight is 327 g/mol. The van der Waals surface area contributed by atoms with E-state index in [2.05, 4.69) is 20.7 Å². The molecule has 0 aromatic carbocycles. The van der Waals surface area contributed by atoms with Gasteiger partial charge in [-0.2, -0.15) is 5.10 Å². The zero-order chi connectivity index (χ0) is 16.6. The highest BCUT2D eigenvalue weighted by molar-refractivity contribution is 5.74. The van der Waals surface area contributed by atoms with Crippen molar-refractivity contribution in [3.8, 4) is 11.4 Å². The molecule has 0 unspecified atom stereocenters. The molecule has 2 heterocycles. The summed E-state index contributed by atoms with van der Waals surface area (Å²) in [5.74, 6) is 0. The Kier molecular flexibility index (Phi) is 5.82. The van der Waals surface area contributed by atoms with Crippen LogP contribution in [0.15, 0.2) is 36.7 Å². The molecule has 128 valence electrons. The third kappa shape index (κ3) is 4.81. The van der Waals surface area contributed by atoms with Crippen LogP contribution in [0.2, 0.25) is 0 Å². The first-order valence-electron chi connectivity index (χ1n) is 8.80. The molecule has 0 bridgehead atoms. The largest absolute Gasteiger partial charge is 0.336 e. The fraction of sp³-hybridized carbons (Fsp3) is 0.500. The quantitative estimate of drug-likeness (QED) is 0.829. The van der Waals surface area contributed by atoms with Gasteiger partial charge in [-0.1, -0.05) is 31.7 Å². The van der Waals surface area contributed by atoms with E-state index in [9.17, 15) is 4.79 Å².